The van der Waals surface area contributed by atoms with E-state index in [1.54, 1.807) is 4.90 Å². The fourth-order valence-electron chi connectivity index (χ4n) is 2.47. The molecule has 1 aliphatic heterocycles. The number of rotatable bonds is 9. The maximum absolute atomic E-state index is 11.5. The normalized spacial score (nSPS) is 16.4. The number of hydrogen-bond donors (Lipinski definition) is 0. The third kappa shape index (κ3) is 5.65. The summed E-state index contributed by atoms with van der Waals surface area (Å²) in [5.41, 5.74) is 0. The summed E-state index contributed by atoms with van der Waals surface area (Å²) in [6, 6.07) is 0. The van der Waals surface area contributed by atoms with Crippen molar-refractivity contribution in [2.24, 2.45) is 0 Å². The fraction of sp³-hybridized carbons (Fsp3) is 0.867. The Labute approximate surface area is 111 Å². The number of hydrogen-bond acceptors (Lipinski definition) is 2. The Balaban J connectivity index is 1.97. The van der Waals surface area contributed by atoms with Crippen LogP contribution in [0.25, 0.3) is 0 Å². The summed E-state index contributed by atoms with van der Waals surface area (Å²) < 4.78 is 0. The summed E-state index contributed by atoms with van der Waals surface area (Å²) in [7, 11) is 0. The third-order valence-corrected chi connectivity index (χ3v) is 3.64. The predicted molar refractivity (Wildman–Crippen MR) is 73.4 cm³/mol. The molecule has 0 aromatic heterocycles. The van der Waals surface area contributed by atoms with Crippen LogP contribution in [0, 0.1) is 0 Å². The lowest BCUT2D eigenvalue weighted by Crippen LogP contribution is -2.41. The molecule has 3 nitrogen and oxygen atoms in total. The lowest BCUT2D eigenvalue weighted by atomic mass is 10.1. The second-order valence-electron chi connectivity index (χ2n) is 5.29. The van der Waals surface area contributed by atoms with Crippen molar-refractivity contribution in [3.05, 3.63) is 0 Å². The number of likely N-dealkylation sites (tertiary alicyclic amines) is 1. The van der Waals surface area contributed by atoms with Gasteiger partial charge >= 0.3 is 0 Å². The van der Waals surface area contributed by atoms with Gasteiger partial charge in [-0.15, -0.1) is 0 Å². The quantitative estimate of drug-likeness (QED) is 0.467. The van der Waals surface area contributed by atoms with E-state index in [2.05, 4.69) is 6.92 Å². The van der Waals surface area contributed by atoms with E-state index in [1.807, 2.05) is 0 Å². The predicted octanol–water partition coefficient (Wildman–Crippen LogP) is 3.32. The molecule has 1 rings (SSSR count). The van der Waals surface area contributed by atoms with E-state index in [1.165, 1.54) is 44.9 Å². The van der Waals surface area contributed by atoms with Crippen LogP contribution < -0.4 is 0 Å². The smallest absolute Gasteiger partial charge is 0.289 e. The lowest BCUT2D eigenvalue weighted by molar-refractivity contribution is -0.147. The van der Waals surface area contributed by atoms with Crippen LogP contribution in [0.2, 0.25) is 0 Å². The van der Waals surface area contributed by atoms with Crippen LogP contribution in [0.5, 0.6) is 0 Å². The topological polar surface area (TPSA) is 37.4 Å². The Hall–Kier alpha value is -0.860. The Morgan fingerprint density at radius 1 is 0.944 bits per heavy atom. The van der Waals surface area contributed by atoms with E-state index >= 15 is 0 Å². The lowest BCUT2D eigenvalue weighted by Gasteiger charge is -2.25. The summed E-state index contributed by atoms with van der Waals surface area (Å²) in [6.07, 6.45) is 11.5. The van der Waals surface area contributed by atoms with Gasteiger partial charge in [-0.2, -0.15) is 0 Å². The largest absolute Gasteiger partial charge is 0.336 e. The molecule has 18 heavy (non-hydrogen) atoms. The highest BCUT2D eigenvalue weighted by atomic mass is 16.2. The molecule has 0 bridgehead atoms. The molecule has 1 fully saturated rings. The van der Waals surface area contributed by atoms with Gasteiger partial charge in [0.25, 0.3) is 5.91 Å². The third-order valence-electron chi connectivity index (χ3n) is 3.64. The second-order valence-corrected chi connectivity index (χ2v) is 5.29. The molecular weight excluding hydrogens is 226 g/mol. The summed E-state index contributed by atoms with van der Waals surface area (Å²) in [5.74, 6) is -0.440. The minimum atomic E-state index is -0.246. The molecule has 1 saturated heterocycles. The number of unbranched alkanes of at least 4 members (excludes halogenated alkanes) is 7. The zero-order chi connectivity index (χ0) is 13.2. The molecule has 1 amide bonds. The van der Waals surface area contributed by atoms with Crippen molar-refractivity contribution in [2.45, 2.75) is 71.1 Å². The van der Waals surface area contributed by atoms with E-state index in [9.17, 15) is 9.59 Å². The van der Waals surface area contributed by atoms with Gasteiger partial charge in [0, 0.05) is 19.5 Å². The molecular formula is C15H27NO2. The number of piperidine rings is 1. The first-order chi connectivity index (χ1) is 8.75. The first kappa shape index (κ1) is 15.2. The Morgan fingerprint density at radius 2 is 1.56 bits per heavy atom. The van der Waals surface area contributed by atoms with Gasteiger partial charge < -0.3 is 4.90 Å². The fourth-order valence-corrected chi connectivity index (χ4v) is 2.47. The Kier molecular flexibility index (Phi) is 7.70. The summed E-state index contributed by atoms with van der Waals surface area (Å²) >= 11 is 0. The second kappa shape index (κ2) is 9.12. The number of ketones is 1. The zero-order valence-corrected chi connectivity index (χ0v) is 11.7. The molecule has 1 aliphatic rings. The van der Waals surface area contributed by atoms with Crippen molar-refractivity contribution in [3.8, 4) is 0 Å². The highest BCUT2D eigenvalue weighted by molar-refractivity contribution is 6.36. The van der Waals surface area contributed by atoms with Gasteiger partial charge in [-0.25, -0.2) is 0 Å². The van der Waals surface area contributed by atoms with Crippen molar-refractivity contribution in [1.29, 1.82) is 0 Å². The number of carbonyl (C=O) groups is 2. The molecule has 0 N–H and O–H groups in total. The number of carbonyl (C=O) groups excluding carboxylic acids is 2. The van der Waals surface area contributed by atoms with Crippen molar-refractivity contribution in [2.75, 3.05) is 13.1 Å². The Bertz CT molecular complexity index is 263. The number of nitrogens with zero attached hydrogens (tertiary/aromatic N) is 1. The molecule has 0 aromatic carbocycles. The van der Waals surface area contributed by atoms with Crippen LogP contribution in [-0.4, -0.2) is 29.7 Å². The minimum absolute atomic E-state index is 0.194. The minimum Gasteiger partial charge on any atom is -0.336 e. The van der Waals surface area contributed by atoms with Gasteiger partial charge in [0.1, 0.15) is 0 Å². The molecule has 0 unspecified atom stereocenters. The summed E-state index contributed by atoms with van der Waals surface area (Å²) in [6.45, 7) is 3.79. The van der Waals surface area contributed by atoms with Crippen LogP contribution in [0.1, 0.15) is 71.1 Å². The number of Topliss-reactive ketones (excluding diaryl/α,β-unsaturated/α-hetero) is 1. The molecule has 3 heteroatoms. The average Bonchev–Trinajstić information content (AvgIpc) is 2.37. The van der Waals surface area contributed by atoms with E-state index in [0.717, 1.165) is 25.9 Å². The SMILES string of the molecule is CCCCCCCCCCN1CCCC(=O)C1=O. The molecule has 0 aromatic rings. The molecule has 0 atom stereocenters. The van der Waals surface area contributed by atoms with Gasteiger partial charge in [0.05, 0.1) is 0 Å². The van der Waals surface area contributed by atoms with Crippen LogP contribution in [0.15, 0.2) is 0 Å². The van der Waals surface area contributed by atoms with Gasteiger partial charge in [0.15, 0.2) is 0 Å². The van der Waals surface area contributed by atoms with Crippen LogP contribution in [0.3, 0.4) is 0 Å². The highest BCUT2D eigenvalue weighted by Crippen LogP contribution is 2.11. The van der Waals surface area contributed by atoms with Gasteiger partial charge in [0.2, 0.25) is 5.78 Å². The highest BCUT2D eigenvalue weighted by Gasteiger charge is 2.25. The molecule has 0 spiro atoms. The van der Waals surface area contributed by atoms with E-state index in [-0.39, 0.29) is 11.7 Å². The van der Waals surface area contributed by atoms with Gasteiger partial charge in [-0.1, -0.05) is 51.9 Å². The van der Waals surface area contributed by atoms with Crippen LogP contribution in [-0.2, 0) is 9.59 Å². The van der Waals surface area contributed by atoms with Crippen molar-refractivity contribution < 1.29 is 9.59 Å². The monoisotopic (exact) mass is 253 g/mol. The standard InChI is InChI=1S/C15H27NO2/c1-2-3-4-5-6-7-8-9-12-16-13-10-11-14(17)15(16)18/h2-13H2,1H3. The molecule has 0 radical (unpaired) electrons. The van der Waals surface area contributed by atoms with Crippen molar-refractivity contribution >= 4 is 11.7 Å². The van der Waals surface area contributed by atoms with Crippen molar-refractivity contribution in [3.63, 3.8) is 0 Å². The van der Waals surface area contributed by atoms with E-state index in [4.69, 9.17) is 0 Å². The molecule has 0 aliphatic carbocycles. The molecule has 104 valence electrons. The van der Waals surface area contributed by atoms with E-state index in [0.29, 0.717) is 6.42 Å². The zero-order valence-electron chi connectivity index (χ0n) is 11.7. The van der Waals surface area contributed by atoms with Gasteiger partial charge in [-0.3, -0.25) is 9.59 Å². The average molecular weight is 253 g/mol. The first-order valence-electron chi connectivity index (χ1n) is 7.57. The first-order valence-corrected chi connectivity index (χ1v) is 7.57. The summed E-state index contributed by atoms with van der Waals surface area (Å²) in [4.78, 5) is 24.5. The maximum atomic E-state index is 11.5. The van der Waals surface area contributed by atoms with Crippen molar-refractivity contribution in [1.82, 2.24) is 4.90 Å². The Morgan fingerprint density at radius 3 is 2.22 bits per heavy atom. The van der Waals surface area contributed by atoms with Crippen LogP contribution in [0.4, 0.5) is 0 Å². The molecule has 0 saturated carbocycles. The summed E-state index contributed by atoms with van der Waals surface area (Å²) in [5, 5.41) is 0. The van der Waals surface area contributed by atoms with Crippen LogP contribution >= 0.6 is 0 Å². The van der Waals surface area contributed by atoms with Gasteiger partial charge in [-0.05, 0) is 12.8 Å². The molecule has 1 heterocycles. The maximum Gasteiger partial charge on any atom is 0.289 e. The number of amides is 1. The van der Waals surface area contributed by atoms with E-state index < -0.39 is 0 Å².